The van der Waals surface area contributed by atoms with Crippen molar-refractivity contribution in [2.45, 2.75) is 32.9 Å². The zero-order chi connectivity index (χ0) is 18.8. The van der Waals surface area contributed by atoms with E-state index in [1.165, 1.54) is 0 Å². The van der Waals surface area contributed by atoms with Gasteiger partial charge in [-0.15, -0.1) is 0 Å². The Hall–Kier alpha value is -2.95. The first-order chi connectivity index (χ1) is 12.4. The maximum Gasteiger partial charge on any atom is 0.262 e. The molecule has 0 saturated heterocycles. The molecule has 0 fully saturated rings. The largest absolute Gasteiger partial charge is 0.348 e. The van der Waals surface area contributed by atoms with Gasteiger partial charge in [0.05, 0.1) is 17.2 Å². The summed E-state index contributed by atoms with van der Waals surface area (Å²) in [7, 11) is 0. The average molecular weight is 350 g/mol. The van der Waals surface area contributed by atoms with E-state index in [4.69, 9.17) is 0 Å². The average Bonchev–Trinajstić information content (AvgIpc) is 2.88. The second-order valence-electron chi connectivity index (χ2n) is 6.86. The highest BCUT2D eigenvalue weighted by Crippen LogP contribution is 2.27. The first-order valence-electron chi connectivity index (χ1n) is 8.74. The summed E-state index contributed by atoms with van der Waals surface area (Å²) in [6, 6.07) is 15.2. The number of nitrogens with zero attached hydrogens (tertiary/aromatic N) is 1. The normalized spacial score (nSPS) is 15.8. The third-order valence-electron chi connectivity index (χ3n) is 4.66. The van der Waals surface area contributed by atoms with Crippen LogP contribution in [0.25, 0.3) is 0 Å². The van der Waals surface area contributed by atoms with Crippen LogP contribution < -0.4 is 5.32 Å². The summed E-state index contributed by atoms with van der Waals surface area (Å²) in [5, 5.41) is 2.94. The molecular formula is C21H22N2O3. The zero-order valence-electron chi connectivity index (χ0n) is 15.1. The second-order valence-corrected chi connectivity index (χ2v) is 6.86. The van der Waals surface area contributed by atoms with E-state index in [2.05, 4.69) is 5.32 Å². The summed E-state index contributed by atoms with van der Waals surface area (Å²) in [5.74, 6) is -1.36. The van der Waals surface area contributed by atoms with Gasteiger partial charge in [0.1, 0.15) is 6.04 Å². The van der Waals surface area contributed by atoms with Crippen molar-refractivity contribution in [2.24, 2.45) is 5.92 Å². The lowest BCUT2D eigenvalue weighted by atomic mass is 10.00. The molecule has 2 aromatic carbocycles. The van der Waals surface area contributed by atoms with Gasteiger partial charge in [-0.3, -0.25) is 19.3 Å². The number of hydrogen-bond donors (Lipinski definition) is 1. The number of amides is 3. The summed E-state index contributed by atoms with van der Waals surface area (Å²) in [4.78, 5) is 39.5. The Bertz CT molecular complexity index is 810. The lowest BCUT2D eigenvalue weighted by Crippen LogP contribution is -2.52. The highest BCUT2D eigenvalue weighted by Gasteiger charge is 2.44. The SMILES string of the molecule is CC(NC(=O)C(C(C)C)N1C(=O)c2ccccc2C1=O)c1ccccc1. The highest BCUT2D eigenvalue weighted by atomic mass is 16.2. The third kappa shape index (κ3) is 3.12. The van der Waals surface area contributed by atoms with E-state index >= 15 is 0 Å². The Kier molecular flexibility index (Phi) is 4.89. The molecule has 1 heterocycles. The number of hydrogen-bond acceptors (Lipinski definition) is 3. The van der Waals surface area contributed by atoms with E-state index in [0.717, 1.165) is 10.5 Å². The van der Waals surface area contributed by atoms with E-state index < -0.39 is 17.9 Å². The maximum atomic E-state index is 12.9. The van der Waals surface area contributed by atoms with Gasteiger partial charge in [0, 0.05) is 0 Å². The van der Waals surface area contributed by atoms with Crippen LogP contribution in [0.15, 0.2) is 54.6 Å². The molecule has 2 unspecified atom stereocenters. The molecule has 2 atom stereocenters. The smallest absolute Gasteiger partial charge is 0.262 e. The van der Waals surface area contributed by atoms with E-state index in [9.17, 15) is 14.4 Å². The number of imide groups is 1. The van der Waals surface area contributed by atoms with Crippen LogP contribution in [0.2, 0.25) is 0 Å². The van der Waals surface area contributed by atoms with Gasteiger partial charge in [-0.1, -0.05) is 56.3 Å². The van der Waals surface area contributed by atoms with Crippen LogP contribution in [0.5, 0.6) is 0 Å². The molecule has 1 N–H and O–H groups in total. The number of carbonyl (C=O) groups is 3. The van der Waals surface area contributed by atoms with Crippen LogP contribution in [0, 0.1) is 5.92 Å². The van der Waals surface area contributed by atoms with Crippen molar-refractivity contribution >= 4 is 17.7 Å². The molecule has 0 radical (unpaired) electrons. The van der Waals surface area contributed by atoms with Crippen LogP contribution in [0.3, 0.4) is 0 Å². The van der Waals surface area contributed by atoms with Crippen LogP contribution in [0.1, 0.15) is 53.1 Å². The Labute approximate surface area is 153 Å². The summed E-state index contributed by atoms with van der Waals surface area (Å²) in [6.07, 6.45) is 0. The van der Waals surface area contributed by atoms with Crippen molar-refractivity contribution in [2.75, 3.05) is 0 Å². The number of carbonyl (C=O) groups excluding carboxylic acids is 3. The second kappa shape index (κ2) is 7.12. The molecular weight excluding hydrogens is 328 g/mol. The van der Waals surface area contributed by atoms with Crippen LogP contribution in [-0.4, -0.2) is 28.7 Å². The van der Waals surface area contributed by atoms with Crippen molar-refractivity contribution in [3.05, 3.63) is 71.3 Å². The Morgan fingerprint density at radius 1 is 0.846 bits per heavy atom. The van der Waals surface area contributed by atoms with Gasteiger partial charge in [-0.25, -0.2) is 0 Å². The summed E-state index contributed by atoms with van der Waals surface area (Å²) >= 11 is 0. The van der Waals surface area contributed by atoms with Crippen molar-refractivity contribution in [3.8, 4) is 0 Å². The highest BCUT2D eigenvalue weighted by molar-refractivity contribution is 6.22. The maximum absolute atomic E-state index is 12.9. The number of nitrogens with one attached hydrogen (secondary N) is 1. The third-order valence-corrected chi connectivity index (χ3v) is 4.66. The molecule has 0 saturated carbocycles. The minimum atomic E-state index is -0.853. The monoisotopic (exact) mass is 350 g/mol. The fraction of sp³-hybridized carbons (Fsp3) is 0.286. The van der Waals surface area contributed by atoms with Gasteiger partial charge in [0.2, 0.25) is 5.91 Å². The molecule has 134 valence electrons. The molecule has 2 aromatic rings. The fourth-order valence-corrected chi connectivity index (χ4v) is 3.30. The lowest BCUT2D eigenvalue weighted by Gasteiger charge is -2.29. The van der Waals surface area contributed by atoms with Gasteiger partial charge in [-0.2, -0.15) is 0 Å². The first kappa shape index (κ1) is 17.9. The fourth-order valence-electron chi connectivity index (χ4n) is 3.30. The van der Waals surface area contributed by atoms with Gasteiger partial charge in [-0.05, 0) is 30.5 Å². The first-order valence-corrected chi connectivity index (χ1v) is 8.74. The molecule has 1 aliphatic heterocycles. The van der Waals surface area contributed by atoms with Gasteiger partial charge < -0.3 is 5.32 Å². The van der Waals surface area contributed by atoms with Gasteiger partial charge in [0.25, 0.3) is 11.8 Å². The van der Waals surface area contributed by atoms with E-state index in [1.807, 2.05) is 51.1 Å². The molecule has 1 aliphatic rings. The van der Waals surface area contributed by atoms with Crippen LogP contribution in [0.4, 0.5) is 0 Å². The molecule has 0 aliphatic carbocycles. The van der Waals surface area contributed by atoms with Crippen molar-refractivity contribution in [3.63, 3.8) is 0 Å². The topological polar surface area (TPSA) is 66.5 Å². The van der Waals surface area contributed by atoms with Gasteiger partial charge >= 0.3 is 0 Å². The number of benzene rings is 2. The quantitative estimate of drug-likeness (QED) is 0.842. The minimum Gasteiger partial charge on any atom is -0.348 e. The molecule has 3 rings (SSSR count). The summed E-state index contributed by atoms with van der Waals surface area (Å²) in [6.45, 7) is 5.55. The standard InChI is InChI=1S/C21H22N2O3/c1-13(2)18(19(24)22-14(3)15-9-5-4-6-10-15)23-20(25)16-11-7-8-12-17(16)21(23)26/h4-14,18H,1-3H3,(H,22,24). The van der Waals surface area contributed by atoms with Crippen molar-refractivity contribution in [1.82, 2.24) is 10.2 Å². The van der Waals surface area contributed by atoms with E-state index in [0.29, 0.717) is 11.1 Å². The Morgan fingerprint density at radius 3 is 1.85 bits per heavy atom. The molecule has 5 nitrogen and oxygen atoms in total. The van der Waals surface area contributed by atoms with Crippen LogP contribution in [-0.2, 0) is 4.79 Å². The molecule has 0 bridgehead atoms. The minimum absolute atomic E-state index is 0.208. The molecule has 0 aromatic heterocycles. The molecule has 26 heavy (non-hydrogen) atoms. The van der Waals surface area contributed by atoms with Crippen molar-refractivity contribution in [1.29, 1.82) is 0 Å². The number of rotatable bonds is 5. The predicted molar refractivity (Wildman–Crippen MR) is 98.6 cm³/mol. The van der Waals surface area contributed by atoms with Crippen LogP contribution >= 0.6 is 0 Å². The van der Waals surface area contributed by atoms with Crippen molar-refractivity contribution < 1.29 is 14.4 Å². The van der Waals surface area contributed by atoms with E-state index in [1.54, 1.807) is 24.3 Å². The zero-order valence-corrected chi connectivity index (χ0v) is 15.1. The summed E-state index contributed by atoms with van der Waals surface area (Å²) < 4.78 is 0. The molecule has 5 heteroatoms. The molecule has 0 spiro atoms. The Morgan fingerprint density at radius 2 is 1.35 bits per heavy atom. The Balaban J connectivity index is 1.85. The van der Waals surface area contributed by atoms with E-state index in [-0.39, 0.29) is 17.9 Å². The summed E-state index contributed by atoms with van der Waals surface area (Å²) in [5.41, 5.74) is 1.67. The lowest BCUT2D eigenvalue weighted by molar-refractivity contribution is -0.127. The van der Waals surface area contributed by atoms with Gasteiger partial charge in [0.15, 0.2) is 0 Å². The number of fused-ring (bicyclic) bond motifs is 1. The molecule has 3 amide bonds. The predicted octanol–water partition coefficient (Wildman–Crippen LogP) is 3.18.